The van der Waals surface area contributed by atoms with Crippen LogP contribution >= 0.6 is 0 Å². The van der Waals surface area contributed by atoms with Crippen LogP contribution in [0.25, 0.3) is 0 Å². The fourth-order valence-electron chi connectivity index (χ4n) is 3.89. The highest BCUT2D eigenvalue weighted by Gasteiger charge is 2.33. The zero-order chi connectivity index (χ0) is 13.9. The average Bonchev–Trinajstić information content (AvgIpc) is 2.39. The second-order valence-corrected chi connectivity index (χ2v) is 7.83. The Hall–Kier alpha value is -0.0800. The van der Waals surface area contributed by atoms with Gasteiger partial charge >= 0.3 is 0 Å². The van der Waals surface area contributed by atoms with Gasteiger partial charge in [0.05, 0.1) is 0 Å². The van der Waals surface area contributed by atoms with E-state index in [0.29, 0.717) is 11.5 Å². The van der Waals surface area contributed by atoms with E-state index >= 15 is 0 Å². The van der Waals surface area contributed by atoms with E-state index in [-0.39, 0.29) is 0 Å². The minimum atomic E-state index is 0.387. The maximum absolute atomic E-state index is 3.72. The van der Waals surface area contributed by atoms with Gasteiger partial charge in [0.25, 0.3) is 0 Å². The molecule has 1 N–H and O–H groups in total. The Morgan fingerprint density at radius 2 is 1.79 bits per heavy atom. The topological polar surface area (TPSA) is 15.3 Å². The van der Waals surface area contributed by atoms with Crippen molar-refractivity contribution in [3.05, 3.63) is 0 Å². The van der Waals surface area contributed by atoms with Crippen molar-refractivity contribution in [1.82, 2.24) is 10.2 Å². The second kappa shape index (κ2) is 6.58. The van der Waals surface area contributed by atoms with E-state index in [1.165, 1.54) is 58.2 Å². The summed E-state index contributed by atoms with van der Waals surface area (Å²) in [5.41, 5.74) is 0.387. The first-order chi connectivity index (χ1) is 9.00. The molecule has 0 bridgehead atoms. The zero-order valence-corrected chi connectivity index (χ0v) is 13.5. The molecular weight excluding hydrogens is 232 g/mol. The molecule has 1 aliphatic carbocycles. The molecule has 0 aromatic heterocycles. The third-order valence-corrected chi connectivity index (χ3v) is 5.28. The van der Waals surface area contributed by atoms with Crippen molar-refractivity contribution in [2.75, 3.05) is 19.6 Å². The summed E-state index contributed by atoms with van der Waals surface area (Å²) < 4.78 is 0. The SMILES string of the molecule is CCCC1CCC(N2CCNC(C(C)(C)C)C2)CC1. The molecule has 1 atom stereocenters. The Balaban J connectivity index is 1.82. The molecule has 2 heteroatoms. The van der Waals surface area contributed by atoms with E-state index in [2.05, 4.69) is 37.9 Å². The molecule has 112 valence electrons. The molecule has 1 unspecified atom stereocenters. The molecule has 1 saturated carbocycles. The first-order valence-electron chi connectivity index (χ1n) is 8.48. The van der Waals surface area contributed by atoms with Gasteiger partial charge < -0.3 is 5.32 Å². The molecule has 0 aromatic carbocycles. The van der Waals surface area contributed by atoms with Crippen LogP contribution in [0.4, 0.5) is 0 Å². The van der Waals surface area contributed by atoms with Crippen molar-refractivity contribution >= 4 is 0 Å². The average molecular weight is 266 g/mol. The fourth-order valence-corrected chi connectivity index (χ4v) is 3.89. The van der Waals surface area contributed by atoms with E-state index in [1.54, 1.807) is 0 Å². The van der Waals surface area contributed by atoms with E-state index in [9.17, 15) is 0 Å². The van der Waals surface area contributed by atoms with Crippen molar-refractivity contribution < 1.29 is 0 Å². The van der Waals surface area contributed by atoms with Gasteiger partial charge in [-0.05, 0) is 37.0 Å². The van der Waals surface area contributed by atoms with E-state index in [4.69, 9.17) is 0 Å². The normalized spacial score (nSPS) is 34.4. The first-order valence-corrected chi connectivity index (χ1v) is 8.48. The summed E-state index contributed by atoms with van der Waals surface area (Å²) in [4.78, 5) is 2.79. The smallest absolute Gasteiger partial charge is 0.0244 e. The second-order valence-electron chi connectivity index (χ2n) is 7.83. The van der Waals surface area contributed by atoms with Gasteiger partial charge in [0, 0.05) is 31.7 Å². The zero-order valence-electron chi connectivity index (χ0n) is 13.5. The highest BCUT2D eigenvalue weighted by molar-refractivity contribution is 4.91. The lowest BCUT2D eigenvalue weighted by atomic mass is 9.81. The van der Waals surface area contributed by atoms with Crippen molar-refractivity contribution in [2.45, 2.75) is 78.3 Å². The van der Waals surface area contributed by atoms with Crippen molar-refractivity contribution in [3.63, 3.8) is 0 Å². The molecule has 1 aliphatic heterocycles. The molecule has 0 spiro atoms. The van der Waals surface area contributed by atoms with Gasteiger partial charge in [0.15, 0.2) is 0 Å². The largest absolute Gasteiger partial charge is 0.311 e. The quantitative estimate of drug-likeness (QED) is 0.838. The predicted molar refractivity (Wildman–Crippen MR) is 83.5 cm³/mol. The molecule has 1 saturated heterocycles. The molecular formula is C17H34N2. The standard InChI is InChI=1S/C17H34N2/c1-5-6-14-7-9-15(10-8-14)19-12-11-18-16(13-19)17(2,3)4/h14-16,18H,5-13H2,1-4H3. The Kier molecular flexibility index (Phi) is 5.30. The lowest BCUT2D eigenvalue weighted by molar-refractivity contribution is 0.0708. The van der Waals surface area contributed by atoms with E-state index in [0.717, 1.165) is 12.0 Å². The summed E-state index contributed by atoms with van der Waals surface area (Å²) in [6, 6.07) is 1.54. The maximum atomic E-state index is 3.72. The number of rotatable bonds is 3. The van der Waals surface area contributed by atoms with Crippen LogP contribution in [0.3, 0.4) is 0 Å². The summed E-state index contributed by atoms with van der Waals surface area (Å²) in [6.45, 7) is 13.1. The summed E-state index contributed by atoms with van der Waals surface area (Å²) in [6.07, 6.45) is 8.67. The molecule has 2 nitrogen and oxygen atoms in total. The van der Waals surface area contributed by atoms with Gasteiger partial charge in [0.2, 0.25) is 0 Å². The third kappa shape index (κ3) is 4.19. The lowest BCUT2D eigenvalue weighted by Gasteiger charge is -2.45. The summed E-state index contributed by atoms with van der Waals surface area (Å²) in [5, 5.41) is 3.72. The van der Waals surface area contributed by atoms with Crippen LogP contribution in [0.15, 0.2) is 0 Å². The Bertz CT molecular complexity index is 261. The van der Waals surface area contributed by atoms with Crippen LogP contribution in [0.5, 0.6) is 0 Å². The molecule has 0 amide bonds. The van der Waals surface area contributed by atoms with Gasteiger partial charge in [-0.2, -0.15) is 0 Å². The monoisotopic (exact) mass is 266 g/mol. The van der Waals surface area contributed by atoms with Crippen LogP contribution in [0.2, 0.25) is 0 Å². The number of nitrogens with one attached hydrogen (secondary N) is 1. The number of hydrogen-bond donors (Lipinski definition) is 1. The Morgan fingerprint density at radius 3 is 2.37 bits per heavy atom. The van der Waals surface area contributed by atoms with Crippen LogP contribution in [0.1, 0.15) is 66.2 Å². The van der Waals surface area contributed by atoms with Gasteiger partial charge in [-0.15, -0.1) is 0 Å². The fraction of sp³-hybridized carbons (Fsp3) is 1.00. The number of piperazine rings is 1. The van der Waals surface area contributed by atoms with E-state index in [1.807, 2.05) is 0 Å². The molecule has 2 aliphatic rings. The Morgan fingerprint density at radius 1 is 1.11 bits per heavy atom. The van der Waals surface area contributed by atoms with Gasteiger partial charge in [0.1, 0.15) is 0 Å². The first kappa shape index (κ1) is 15.3. The summed E-state index contributed by atoms with van der Waals surface area (Å²) in [7, 11) is 0. The number of hydrogen-bond acceptors (Lipinski definition) is 2. The third-order valence-electron chi connectivity index (χ3n) is 5.28. The van der Waals surface area contributed by atoms with Crippen molar-refractivity contribution in [2.24, 2.45) is 11.3 Å². The highest BCUT2D eigenvalue weighted by atomic mass is 15.2. The van der Waals surface area contributed by atoms with Gasteiger partial charge in [-0.3, -0.25) is 4.90 Å². The Labute approximate surface area is 120 Å². The summed E-state index contributed by atoms with van der Waals surface area (Å²) in [5.74, 6) is 1.03. The van der Waals surface area contributed by atoms with Crippen molar-refractivity contribution in [3.8, 4) is 0 Å². The van der Waals surface area contributed by atoms with Crippen LogP contribution in [-0.4, -0.2) is 36.6 Å². The van der Waals surface area contributed by atoms with Gasteiger partial charge in [-0.1, -0.05) is 40.5 Å². The molecule has 0 aromatic rings. The van der Waals surface area contributed by atoms with Crippen LogP contribution in [-0.2, 0) is 0 Å². The van der Waals surface area contributed by atoms with Gasteiger partial charge in [-0.25, -0.2) is 0 Å². The van der Waals surface area contributed by atoms with Crippen molar-refractivity contribution in [1.29, 1.82) is 0 Å². The molecule has 2 fully saturated rings. The molecule has 0 radical (unpaired) electrons. The molecule has 19 heavy (non-hydrogen) atoms. The predicted octanol–water partition coefficient (Wildman–Crippen LogP) is 3.67. The minimum Gasteiger partial charge on any atom is -0.311 e. The maximum Gasteiger partial charge on any atom is 0.0244 e. The van der Waals surface area contributed by atoms with E-state index < -0.39 is 0 Å². The minimum absolute atomic E-state index is 0.387. The lowest BCUT2D eigenvalue weighted by Crippen LogP contribution is -2.58. The highest BCUT2D eigenvalue weighted by Crippen LogP contribution is 2.32. The van der Waals surface area contributed by atoms with Crippen LogP contribution < -0.4 is 5.32 Å². The molecule has 1 heterocycles. The number of nitrogens with zero attached hydrogens (tertiary/aromatic N) is 1. The van der Waals surface area contributed by atoms with Crippen LogP contribution in [0, 0.1) is 11.3 Å². The summed E-state index contributed by atoms with van der Waals surface area (Å²) >= 11 is 0. The molecule has 2 rings (SSSR count).